The fraction of sp³-hybridized carbons (Fsp3) is 0.909. The molecule has 13 heavy (non-hydrogen) atoms. The molecule has 0 bridgehead atoms. The van der Waals surface area contributed by atoms with Gasteiger partial charge < -0.3 is 4.90 Å². The first kappa shape index (κ1) is 12.5. The van der Waals surface area contributed by atoms with Gasteiger partial charge in [0.1, 0.15) is 5.84 Å². The Bertz CT molecular complexity index is 161. The summed E-state index contributed by atoms with van der Waals surface area (Å²) >= 11 is 0. The second kappa shape index (κ2) is 5.25. The maximum atomic E-state index is 4.37. The average Bonchev–Trinajstić information content (AvgIpc) is 1.97. The minimum Gasteiger partial charge on any atom is -0.355 e. The molecule has 0 fully saturated rings. The van der Waals surface area contributed by atoms with Crippen molar-refractivity contribution in [3.05, 3.63) is 0 Å². The van der Waals surface area contributed by atoms with E-state index in [2.05, 4.69) is 51.4 Å². The molecule has 0 N–H and O–H groups in total. The largest absolute Gasteiger partial charge is 0.355 e. The summed E-state index contributed by atoms with van der Waals surface area (Å²) in [6.07, 6.45) is 0. The smallest absolute Gasteiger partial charge is 0.102 e. The van der Waals surface area contributed by atoms with Gasteiger partial charge in [0, 0.05) is 25.0 Å². The monoisotopic (exact) mass is 184 g/mol. The molecule has 2 nitrogen and oxygen atoms in total. The molecule has 0 aromatic heterocycles. The summed E-state index contributed by atoms with van der Waals surface area (Å²) in [6, 6.07) is 1.06. The van der Waals surface area contributed by atoms with Crippen LogP contribution in [0.3, 0.4) is 0 Å². The van der Waals surface area contributed by atoms with Gasteiger partial charge in [-0.15, -0.1) is 0 Å². The Morgan fingerprint density at radius 2 is 1.31 bits per heavy atom. The Morgan fingerprint density at radius 1 is 0.923 bits per heavy atom. The van der Waals surface area contributed by atoms with Crippen LogP contribution in [-0.2, 0) is 0 Å². The Morgan fingerprint density at radius 3 is 1.38 bits per heavy atom. The molecule has 0 aliphatic heterocycles. The van der Waals surface area contributed by atoms with E-state index in [-0.39, 0.29) is 0 Å². The second-order valence-corrected chi connectivity index (χ2v) is 4.33. The summed E-state index contributed by atoms with van der Waals surface area (Å²) in [7, 11) is 1.88. The summed E-state index contributed by atoms with van der Waals surface area (Å²) in [5, 5.41) is 0. The summed E-state index contributed by atoms with van der Waals surface area (Å²) in [4.78, 5) is 6.75. The van der Waals surface area contributed by atoms with Gasteiger partial charge in [0.25, 0.3) is 0 Å². The fourth-order valence-electron chi connectivity index (χ4n) is 1.80. The van der Waals surface area contributed by atoms with Crippen LogP contribution in [-0.4, -0.2) is 29.9 Å². The van der Waals surface area contributed by atoms with Gasteiger partial charge in [0.15, 0.2) is 0 Å². The minimum absolute atomic E-state index is 0.509. The molecule has 0 unspecified atom stereocenters. The van der Waals surface area contributed by atoms with Crippen molar-refractivity contribution in [3.8, 4) is 0 Å². The van der Waals surface area contributed by atoms with Crippen molar-refractivity contribution in [1.82, 2.24) is 4.90 Å². The first-order valence-electron chi connectivity index (χ1n) is 5.16. The molecule has 0 saturated heterocycles. The third kappa shape index (κ3) is 3.37. The molecule has 0 aromatic carbocycles. The van der Waals surface area contributed by atoms with Crippen LogP contribution in [0.15, 0.2) is 4.99 Å². The van der Waals surface area contributed by atoms with E-state index in [1.54, 1.807) is 0 Å². The lowest BCUT2D eigenvalue weighted by atomic mass is 10.1. The SMILES string of the molecule is CN=C(C(C)C)N(C(C)C)C(C)C. The van der Waals surface area contributed by atoms with E-state index >= 15 is 0 Å². The predicted molar refractivity (Wildman–Crippen MR) is 60.3 cm³/mol. The summed E-state index contributed by atoms with van der Waals surface area (Å²) < 4.78 is 0. The van der Waals surface area contributed by atoms with Crippen molar-refractivity contribution in [2.24, 2.45) is 10.9 Å². The van der Waals surface area contributed by atoms with E-state index in [9.17, 15) is 0 Å². The molecule has 0 radical (unpaired) electrons. The van der Waals surface area contributed by atoms with Gasteiger partial charge >= 0.3 is 0 Å². The van der Waals surface area contributed by atoms with Gasteiger partial charge in [0.2, 0.25) is 0 Å². The van der Waals surface area contributed by atoms with Gasteiger partial charge in [0.05, 0.1) is 0 Å². The predicted octanol–water partition coefficient (Wildman–Crippen LogP) is 2.79. The topological polar surface area (TPSA) is 15.6 Å². The fourth-order valence-corrected chi connectivity index (χ4v) is 1.80. The quantitative estimate of drug-likeness (QED) is 0.486. The molecule has 0 amide bonds. The van der Waals surface area contributed by atoms with Gasteiger partial charge in [-0.3, -0.25) is 4.99 Å². The number of hydrogen-bond donors (Lipinski definition) is 0. The molecule has 0 aliphatic rings. The number of aliphatic imine (C=N–C) groups is 1. The highest BCUT2D eigenvalue weighted by Crippen LogP contribution is 2.12. The standard InChI is InChI=1S/C11H24N2/c1-8(2)11(12-7)13(9(3)4)10(5)6/h8-10H,1-7H3. The lowest BCUT2D eigenvalue weighted by Gasteiger charge is -2.35. The minimum atomic E-state index is 0.509. The highest BCUT2D eigenvalue weighted by Gasteiger charge is 2.19. The zero-order valence-electron chi connectivity index (χ0n) is 10.1. The van der Waals surface area contributed by atoms with E-state index < -0.39 is 0 Å². The van der Waals surface area contributed by atoms with Crippen molar-refractivity contribution >= 4 is 5.84 Å². The maximum Gasteiger partial charge on any atom is 0.102 e. The van der Waals surface area contributed by atoms with Crippen LogP contribution in [0.4, 0.5) is 0 Å². The van der Waals surface area contributed by atoms with E-state index in [0.717, 1.165) is 0 Å². The Balaban J connectivity index is 4.71. The normalized spacial score (nSPS) is 13.2. The van der Waals surface area contributed by atoms with Crippen LogP contribution in [0.1, 0.15) is 41.5 Å². The molecule has 0 aliphatic carbocycles. The zero-order chi connectivity index (χ0) is 10.6. The van der Waals surface area contributed by atoms with Gasteiger partial charge in [-0.05, 0) is 27.7 Å². The number of nitrogens with zero attached hydrogens (tertiary/aromatic N) is 2. The van der Waals surface area contributed by atoms with Crippen molar-refractivity contribution in [2.75, 3.05) is 7.05 Å². The molecule has 2 heteroatoms. The highest BCUT2D eigenvalue weighted by molar-refractivity contribution is 5.84. The van der Waals surface area contributed by atoms with Gasteiger partial charge in [-0.2, -0.15) is 0 Å². The molecule has 0 heterocycles. The second-order valence-electron chi connectivity index (χ2n) is 4.33. The Labute approximate surface area is 83.0 Å². The van der Waals surface area contributed by atoms with Crippen LogP contribution in [0, 0.1) is 5.92 Å². The molecule has 0 atom stereocenters. The lowest BCUT2D eigenvalue weighted by molar-refractivity contribution is 0.279. The van der Waals surface area contributed by atoms with Crippen LogP contribution in [0.25, 0.3) is 0 Å². The molecule has 0 spiro atoms. The first-order valence-corrected chi connectivity index (χ1v) is 5.16. The number of amidine groups is 1. The van der Waals surface area contributed by atoms with E-state index in [1.807, 2.05) is 7.05 Å². The van der Waals surface area contributed by atoms with Crippen LogP contribution in [0.2, 0.25) is 0 Å². The Hall–Kier alpha value is -0.530. The average molecular weight is 184 g/mol. The Kier molecular flexibility index (Phi) is 5.04. The molecule has 0 aromatic rings. The third-order valence-electron chi connectivity index (χ3n) is 2.12. The van der Waals surface area contributed by atoms with Crippen LogP contribution >= 0.6 is 0 Å². The van der Waals surface area contributed by atoms with Crippen molar-refractivity contribution in [1.29, 1.82) is 0 Å². The van der Waals surface area contributed by atoms with Crippen LogP contribution in [0.5, 0.6) is 0 Å². The van der Waals surface area contributed by atoms with Crippen molar-refractivity contribution in [3.63, 3.8) is 0 Å². The van der Waals surface area contributed by atoms with E-state index in [1.165, 1.54) is 5.84 Å². The highest BCUT2D eigenvalue weighted by atomic mass is 15.2. The van der Waals surface area contributed by atoms with Crippen molar-refractivity contribution < 1.29 is 0 Å². The summed E-state index contributed by atoms with van der Waals surface area (Å²) in [5.74, 6) is 1.72. The van der Waals surface area contributed by atoms with Gasteiger partial charge in [-0.25, -0.2) is 0 Å². The van der Waals surface area contributed by atoms with E-state index in [4.69, 9.17) is 0 Å². The van der Waals surface area contributed by atoms with E-state index in [0.29, 0.717) is 18.0 Å². The van der Waals surface area contributed by atoms with Gasteiger partial charge in [-0.1, -0.05) is 13.8 Å². The summed E-state index contributed by atoms with van der Waals surface area (Å²) in [5.41, 5.74) is 0. The molecule has 78 valence electrons. The lowest BCUT2D eigenvalue weighted by Crippen LogP contribution is -2.44. The van der Waals surface area contributed by atoms with Crippen LogP contribution < -0.4 is 0 Å². The van der Waals surface area contributed by atoms with Crippen molar-refractivity contribution in [2.45, 2.75) is 53.6 Å². The third-order valence-corrected chi connectivity index (χ3v) is 2.12. The molecule has 0 saturated carbocycles. The maximum absolute atomic E-state index is 4.37. The number of hydrogen-bond acceptors (Lipinski definition) is 1. The molecular formula is C11H24N2. The number of rotatable bonds is 3. The molecular weight excluding hydrogens is 160 g/mol. The zero-order valence-corrected chi connectivity index (χ0v) is 10.1. The first-order chi connectivity index (χ1) is 5.91. The summed E-state index contributed by atoms with van der Waals surface area (Å²) in [6.45, 7) is 13.3. The molecule has 0 rings (SSSR count).